The number of aliphatic hydroxyl groups is 1. The monoisotopic (exact) mass is 1230 g/mol. The average Bonchev–Trinajstić information content (AvgIpc) is 3.68. The van der Waals surface area contributed by atoms with Gasteiger partial charge in [-0.1, -0.05) is 91.0 Å². The lowest BCUT2D eigenvalue weighted by Crippen LogP contribution is -2.60. The number of aliphatic hydroxyl groups excluding tert-OH is 1. The number of guanidine groups is 1. The maximum atomic E-state index is 14.3. The maximum Gasteiger partial charge on any atom is 0.326 e. The summed E-state index contributed by atoms with van der Waals surface area (Å²) in [6, 6.07) is 12.0. The number of carbonyl (C=O) groups excluding carboxylic acids is 12. The number of hydrogen-bond acceptors (Lipinski definition) is 16. The fourth-order valence-corrected chi connectivity index (χ4v) is 9.20. The van der Waals surface area contributed by atoms with Crippen molar-refractivity contribution in [1.29, 1.82) is 0 Å². The SMILES string of the molecule is NC(=O)CC[C@H](NC(=O)[C@H](CC(N)=O)NC(=O)[C@@H](N)CCC(N)=O)C(=O)NCC(=O)N[C@@H](Cc1ccccc1)C(=O)N[C@@H](CO)C(=O)N1CCC[C@H]1C(=O)N[C@@H](CCCN=C(N)N)C(=O)N[C@@H](Cc1ccccc1)C(=O)N[C@@H](Cc1ccccc1)C(=O)O. The minimum absolute atomic E-state index is 0.0192. The smallest absolute Gasteiger partial charge is 0.326 e. The number of benzene rings is 3. The van der Waals surface area contributed by atoms with E-state index in [1.807, 2.05) is 0 Å². The summed E-state index contributed by atoms with van der Waals surface area (Å²) in [6.07, 6.45) is -2.24. The number of likely N-dealkylation sites (tertiary alicyclic amines) is 1. The Kier molecular flexibility index (Phi) is 28.9. The molecule has 0 unspecified atom stereocenters. The number of carboxylic acid groups (broad SMARTS) is 1. The van der Waals surface area contributed by atoms with E-state index in [2.05, 4.69) is 47.5 Å². The summed E-state index contributed by atoms with van der Waals surface area (Å²) in [4.78, 5) is 177. The zero-order valence-corrected chi connectivity index (χ0v) is 48.2. The summed E-state index contributed by atoms with van der Waals surface area (Å²) in [5.74, 6) is -12.9. The lowest BCUT2D eigenvalue weighted by atomic mass is 10.0. The molecule has 0 aliphatic carbocycles. The number of carboxylic acids is 1. The van der Waals surface area contributed by atoms with Crippen LogP contribution in [-0.2, 0) is 81.6 Å². The van der Waals surface area contributed by atoms with Gasteiger partial charge in [0.1, 0.15) is 48.3 Å². The number of amides is 12. The van der Waals surface area contributed by atoms with Gasteiger partial charge in [0.15, 0.2) is 5.96 Å². The first-order valence-corrected chi connectivity index (χ1v) is 28.2. The molecular weight excluding hydrogens is 1150 g/mol. The highest BCUT2D eigenvalue weighted by atomic mass is 16.4. The number of carbonyl (C=O) groups is 13. The minimum atomic E-state index is -1.72. The molecule has 0 radical (unpaired) electrons. The highest BCUT2D eigenvalue weighted by Gasteiger charge is 2.40. The van der Waals surface area contributed by atoms with E-state index in [9.17, 15) is 72.5 Å². The summed E-state index contributed by atoms with van der Waals surface area (Å²) >= 11 is 0. The molecule has 31 nitrogen and oxygen atoms in total. The van der Waals surface area contributed by atoms with Crippen molar-refractivity contribution in [3.63, 3.8) is 0 Å². The van der Waals surface area contributed by atoms with Crippen LogP contribution in [-0.4, -0.2) is 179 Å². The van der Waals surface area contributed by atoms with E-state index >= 15 is 0 Å². The molecule has 1 fully saturated rings. The third kappa shape index (κ3) is 24.5. The second kappa shape index (κ2) is 36.1. The first-order chi connectivity index (χ1) is 41.8. The van der Waals surface area contributed by atoms with Gasteiger partial charge in [-0.3, -0.25) is 62.5 Å². The van der Waals surface area contributed by atoms with Crippen molar-refractivity contribution in [3.8, 4) is 0 Å². The van der Waals surface area contributed by atoms with Crippen LogP contribution in [0.1, 0.15) is 74.5 Å². The lowest BCUT2D eigenvalue weighted by Gasteiger charge is -2.30. The second-order valence-electron chi connectivity index (χ2n) is 20.7. The Balaban J connectivity index is 1.50. The standard InChI is InChI=1S/C57H78N16O15/c58-35(20-22-44(59)75)48(79)69-40(29-46(61)77)53(84)67-37(21-23-45(60)76)49(80)65-30-47(78)66-38(26-32-12-4-1-5-13-32)51(82)72-42(31-74)55(86)73-25-11-19-43(73)54(85)68-36(18-10-24-64-57(62)63)50(81)70-39(27-33-14-6-2-7-15-33)52(83)71-41(56(87)88)28-34-16-8-3-9-17-34/h1-9,12-17,35-43,74H,10-11,18-31,58H2,(H2,59,75)(H2,60,76)(H2,61,77)(H,65,80)(H,66,78)(H,67,84)(H,68,85)(H,69,79)(H,70,81)(H,71,83)(H,72,82)(H,87,88)(H4,62,63,64)/t35-,36-,37-,38-,39-,40-,41-,42-,43-/m0/s1. The molecule has 88 heavy (non-hydrogen) atoms. The van der Waals surface area contributed by atoms with E-state index in [0.29, 0.717) is 16.7 Å². The Morgan fingerprint density at radius 1 is 0.523 bits per heavy atom. The third-order valence-corrected chi connectivity index (χ3v) is 13.8. The number of nitrogens with one attached hydrogen (secondary N) is 8. The molecule has 0 spiro atoms. The number of aliphatic carboxylic acids is 1. The van der Waals surface area contributed by atoms with Gasteiger partial charge in [0, 0.05) is 45.2 Å². The van der Waals surface area contributed by atoms with Crippen molar-refractivity contribution in [2.24, 2.45) is 39.4 Å². The molecular formula is C57H78N16O15. The zero-order valence-electron chi connectivity index (χ0n) is 48.2. The number of nitrogens with zero attached hydrogens (tertiary/aromatic N) is 2. The van der Waals surface area contributed by atoms with E-state index in [4.69, 9.17) is 34.4 Å². The van der Waals surface area contributed by atoms with Crippen molar-refractivity contribution in [3.05, 3.63) is 108 Å². The average molecular weight is 1230 g/mol. The molecule has 1 saturated heterocycles. The minimum Gasteiger partial charge on any atom is -0.480 e. The van der Waals surface area contributed by atoms with Crippen LogP contribution in [0.3, 0.4) is 0 Å². The summed E-state index contributed by atoms with van der Waals surface area (Å²) in [7, 11) is 0. The maximum absolute atomic E-state index is 14.3. The Hall–Kier alpha value is -10.0. The van der Waals surface area contributed by atoms with Gasteiger partial charge in [-0.2, -0.15) is 0 Å². The largest absolute Gasteiger partial charge is 0.480 e. The predicted molar refractivity (Wildman–Crippen MR) is 315 cm³/mol. The Morgan fingerprint density at radius 2 is 0.977 bits per heavy atom. The van der Waals surface area contributed by atoms with Gasteiger partial charge in [0.05, 0.1) is 25.6 Å². The molecule has 476 valence electrons. The lowest BCUT2D eigenvalue weighted by molar-refractivity contribution is -0.143. The molecule has 1 heterocycles. The molecule has 9 atom stereocenters. The van der Waals surface area contributed by atoms with Crippen molar-refractivity contribution in [2.45, 2.75) is 131 Å². The molecule has 0 bridgehead atoms. The van der Waals surface area contributed by atoms with Crippen LogP contribution in [0.4, 0.5) is 0 Å². The van der Waals surface area contributed by atoms with Gasteiger partial charge in [0.25, 0.3) is 0 Å². The quantitative estimate of drug-likeness (QED) is 0.0145. The van der Waals surface area contributed by atoms with Crippen LogP contribution in [0.25, 0.3) is 0 Å². The molecule has 12 amide bonds. The van der Waals surface area contributed by atoms with Crippen molar-refractivity contribution in [1.82, 2.24) is 47.4 Å². The Labute approximate surface area is 506 Å². The molecule has 1 aliphatic rings. The van der Waals surface area contributed by atoms with E-state index in [0.717, 1.165) is 4.90 Å². The van der Waals surface area contributed by atoms with Crippen molar-refractivity contribution < 1.29 is 72.5 Å². The summed E-state index contributed by atoms with van der Waals surface area (Å²) in [5, 5.41) is 40.3. The van der Waals surface area contributed by atoms with Gasteiger partial charge < -0.3 is 92.0 Å². The van der Waals surface area contributed by atoms with E-state index in [1.54, 1.807) is 91.0 Å². The summed E-state index contributed by atoms with van der Waals surface area (Å²) < 4.78 is 0. The van der Waals surface area contributed by atoms with Gasteiger partial charge in [0.2, 0.25) is 70.9 Å². The number of aliphatic imine (C=N–C) groups is 1. The van der Waals surface area contributed by atoms with E-state index in [-0.39, 0.29) is 76.8 Å². The van der Waals surface area contributed by atoms with Crippen LogP contribution in [0.15, 0.2) is 96.0 Å². The van der Waals surface area contributed by atoms with Crippen LogP contribution >= 0.6 is 0 Å². The van der Waals surface area contributed by atoms with E-state index in [1.165, 1.54) is 0 Å². The highest BCUT2D eigenvalue weighted by molar-refractivity contribution is 5.99. The number of rotatable bonds is 37. The summed E-state index contributed by atoms with van der Waals surface area (Å²) in [5.41, 5.74) is 34.3. The van der Waals surface area contributed by atoms with Crippen LogP contribution in [0.2, 0.25) is 0 Å². The Bertz CT molecular complexity index is 2960. The zero-order chi connectivity index (χ0) is 64.9. The van der Waals surface area contributed by atoms with Gasteiger partial charge in [-0.15, -0.1) is 0 Å². The van der Waals surface area contributed by atoms with Crippen LogP contribution in [0, 0.1) is 0 Å². The van der Waals surface area contributed by atoms with E-state index < -0.39 is 164 Å². The molecule has 31 heteroatoms. The van der Waals surface area contributed by atoms with Crippen LogP contribution < -0.4 is 76.9 Å². The Morgan fingerprint density at radius 3 is 1.49 bits per heavy atom. The fourth-order valence-electron chi connectivity index (χ4n) is 9.20. The molecule has 0 saturated carbocycles. The van der Waals surface area contributed by atoms with Crippen molar-refractivity contribution in [2.75, 3.05) is 26.2 Å². The first kappa shape index (κ1) is 70.4. The normalized spacial score (nSPS) is 15.3. The highest BCUT2D eigenvalue weighted by Crippen LogP contribution is 2.20. The topological polar surface area (TPSA) is 530 Å². The van der Waals surface area contributed by atoms with Gasteiger partial charge in [-0.05, 0) is 55.2 Å². The molecule has 4 rings (SSSR count). The predicted octanol–water partition coefficient (Wildman–Crippen LogP) is -5.92. The third-order valence-electron chi connectivity index (χ3n) is 13.8. The molecule has 0 aromatic heterocycles. The molecule has 3 aromatic carbocycles. The number of nitrogens with two attached hydrogens (primary N) is 6. The summed E-state index contributed by atoms with van der Waals surface area (Å²) in [6.45, 7) is -1.89. The van der Waals surface area contributed by atoms with Gasteiger partial charge in [-0.25, -0.2) is 4.79 Å². The second-order valence-corrected chi connectivity index (χ2v) is 20.7. The molecule has 3 aromatic rings. The fraction of sp³-hybridized carbons (Fsp3) is 0.439. The molecule has 1 aliphatic heterocycles. The first-order valence-electron chi connectivity index (χ1n) is 28.2. The van der Waals surface area contributed by atoms with Crippen molar-refractivity contribution >= 4 is 82.8 Å². The number of primary amides is 3. The van der Waals surface area contributed by atoms with Gasteiger partial charge >= 0.3 is 5.97 Å². The van der Waals surface area contributed by atoms with Crippen LogP contribution in [0.5, 0.6) is 0 Å². The molecule has 22 N–H and O–H groups in total. The number of hydrogen-bond donors (Lipinski definition) is 16.